The van der Waals surface area contributed by atoms with Gasteiger partial charge in [0.1, 0.15) is 42.7 Å². The number of carboxylic acids is 2. The van der Waals surface area contributed by atoms with Crippen molar-refractivity contribution < 1.29 is 65.1 Å². The highest BCUT2D eigenvalue weighted by Crippen LogP contribution is 2.24. The average molecular weight is 370 g/mol. The van der Waals surface area contributed by atoms with Gasteiger partial charge in [-0.3, -0.25) is 4.79 Å². The van der Waals surface area contributed by atoms with E-state index in [4.69, 9.17) is 15.3 Å². The largest absolute Gasteiger partial charge is 0.479 e. The van der Waals surface area contributed by atoms with E-state index in [1.165, 1.54) is 0 Å². The number of carboxylic acid groups (broad SMARTS) is 2. The number of hydrogen-bond acceptors (Lipinski definition) is 11. The van der Waals surface area contributed by atoms with Crippen molar-refractivity contribution in [2.75, 3.05) is 0 Å². The SMILES string of the molecule is O=C(O)[C@@H](O)[C@H](O)[C@H](O)[C@@H](O)C(=O)C1O[C@H](C(=O)O)[C@H](O)[C@H](O)[C@H]1O. The second-order valence-corrected chi connectivity index (χ2v) is 5.40. The molecule has 0 radical (unpaired) electrons. The molecule has 1 unspecified atom stereocenters. The van der Waals surface area contributed by atoms with Crippen LogP contribution in [0.5, 0.6) is 0 Å². The summed E-state index contributed by atoms with van der Waals surface area (Å²) in [7, 11) is 0. The van der Waals surface area contributed by atoms with E-state index in [0.29, 0.717) is 0 Å². The summed E-state index contributed by atoms with van der Waals surface area (Å²) >= 11 is 0. The van der Waals surface area contributed by atoms with Crippen LogP contribution in [0.25, 0.3) is 0 Å². The molecule has 0 aliphatic carbocycles. The fraction of sp³-hybridized carbons (Fsp3) is 0.750. The first-order valence-electron chi connectivity index (χ1n) is 6.83. The van der Waals surface area contributed by atoms with Gasteiger partial charge in [-0.25, -0.2) is 9.59 Å². The Kier molecular flexibility index (Phi) is 6.92. The fourth-order valence-electron chi connectivity index (χ4n) is 2.18. The maximum atomic E-state index is 12.0. The van der Waals surface area contributed by atoms with Crippen molar-refractivity contribution >= 4 is 17.7 Å². The Bertz CT molecular complexity index is 521. The third-order valence-corrected chi connectivity index (χ3v) is 3.68. The summed E-state index contributed by atoms with van der Waals surface area (Å²) < 4.78 is 4.62. The molecule has 1 saturated heterocycles. The van der Waals surface area contributed by atoms with Crippen LogP contribution >= 0.6 is 0 Å². The Labute approximate surface area is 138 Å². The first kappa shape index (κ1) is 21.3. The summed E-state index contributed by atoms with van der Waals surface area (Å²) in [6.07, 6.45) is -21.0. The van der Waals surface area contributed by atoms with Crippen molar-refractivity contribution in [2.45, 2.75) is 54.9 Å². The highest BCUT2D eigenvalue weighted by atomic mass is 16.6. The number of carbonyl (C=O) groups is 3. The molecule has 1 fully saturated rings. The molecule has 1 aliphatic heterocycles. The monoisotopic (exact) mass is 370 g/mol. The van der Waals surface area contributed by atoms with E-state index in [0.717, 1.165) is 0 Å². The van der Waals surface area contributed by atoms with Gasteiger partial charge in [-0.1, -0.05) is 0 Å². The molecule has 13 heteroatoms. The molecule has 1 aliphatic rings. The standard InChI is InChI=1S/C12H18O13/c13-1(3(15)8(20)11(21)22)2(14)5(17)9-6(18)4(16)7(19)10(25-9)12(23)24/h1-4,6-10,13-16,18-20H,(H,21,22)(H,23,24)/t1-,2-,3-,4-,6-,7-,8+,9?,10+/m1/s1. The van der Waals surface area contributed by atoms with Crippen LogP contribution in [0.1, 0.15) is 0 Å². The number of ether oxygens (including phenoxy) is 1. The molecule has 1 rings (SSSR count). The van der Waals surface area contributed by atoms with E-state index < -0.39 is 72.7 Å². The summed E-state index contributed by atoms with van der Waals surface area (Å²) in [4.78, 5) is 33.5. The van der Waals surface area contributed by atoms with Gasteiger partial charge in [0.25, 0.3) is 0 Å². The number of ketones is 1. The highest BCUT2D eigenvalue weighted by Gasteiger charge is 2.51. The lowest BCUT2D eigenvalue weighted by Crippen LogP contribution is -2.64. The zero-order valence-corrected chi connectivity index (χ0v) is 12.4. The zero-order chi connectivity index (χ0) is 19.6. The molecule has 0 bridgehead atoms. The van der Waals surface area contributed by atoms with E-state index >= 15 is 0 Å². The molecule has 25 heavy (non-hydrogen) atoms. The summed E-state index contributed by atoms with van der Waals surface area (Å²) in [6.45, 7) is 0. The van der Waals surface area contributed by atoms with Crippen molar-refractivity contribution in [3.05, 3.63) is 0 Å². The normalized spacial score (nSPS) is 34.6. The molecule has 0 aromatic rings. The maximum absolute atomic E-state index is 12.0. The number of carbonyl (C=O) groups excluding carboxylic acids is 1. The minimum absolute atomic E-state index is 1.62. The average Bonchev–Trinajstić information content (AvgIpc) is 2.56. The number of aliphatic hydroxyl groups excluding tert-OH is 7. The van der Waals surface area contributed by atoms with Gasteiger partial charge in [-0.15, -0.1) is 0 Å². The van der Waals surface area contributed by atoms with Gasteiger partial charge in [0, 0.05) is 0 Å². The Morgan fingerprint density at radius 1 is 0.720 bits per heavy atom. The van der Waals surface area contributed by atoms with Crippen molar-refractivity contribution in [1.29, 1.82) is 0 Å². The second kappa shape index (κ2) is 8.11. The minimum atomic E-state index is -2.61. The third-order valence-electron chi connectivity index (χ3n) is 3.68. The second-order valence-electron chi connectivity index (χ2n) is 5.40. The molecular formula is C12H18O13. The molecule has 9 atom stereocenters. The zero-order valence-electron chi connectivity index (χ0n) is 12.4. The minimum Gasteiger partial charge on any atom is -0.479 e. The van der Waals surface area contributed by atoms with E-state index in [1.807, 2.05) is 0 Å². The van der Waals surface area contributed by atoms with E-state index in [9.17, 15) is 45.0 Å². The summed E-state index contributed by atoms with van der Waals surface area (Å²) in [5.41, 5.74) is 0. The van der Waals surface area contributed by atoms with Crippen molar-refractivity contribution in [3.63, 3.8) is 0 Å². The molecule has 144 valence electrons. The predicted octanol–water partition coefficient (Wildman–Crippen LogP) is -5.98. The van der Waals surface area contributed by atoms with Gasteiger partial charge in [-0.2, -0.15) is 0 Å². The van der Waals surface area contributed by atoms with Crippen LogP contribution in [-0.4, -0.2) is 119 Å². The summed E-state index contributed by atoms with van der Waals surface area (Å²) in [6, 6.07) is 0. The molecule has 1 heterocycles. The maximum Gasteiger partial charge on any atom is 0.335 e. The lowest BCUT2D eigenvalue weighted by atomic mass is 9.89. The van der Waals surface area contributed by atoms with E-state index in [-0.39, 0.29) is 0 Å². The number of aliphatic carboxylic acids is 2. The molecule has 0 spiro atoms. The van der Waals surface area contributed by atoms with Gasteiger partial charge in [0.2, 0.25) is 0 Å². The Hall–Kier alpha value is -1.71. The number of rotatable bonds is 7. The third kappa shape index (κ3) is 4.28. The Morgan fingerprint density at radius 3 is 1.60 bits per heavy atom. The Morgan fingerprint density at radius 2 is 1.16 bits per heavy atom. The molecule has 0 aromatic heterocycles. The molecule has 0 saturated carbocycles. The lowest BCUT2D eigenvalue weighted by molar-refractivity contribution is -0.229. The molecule has 13 nitrogen and oxygen atoms in total. The molecule has 0 amide bonds. The topological polar surface area (TPSA) is 243 Å². The van der Waals surface area contributed by atoms with E-state index in [2.05, 4.69) is 4.74 Å². The van der Waals surface area contributed by atoms with Gasteiger partial charge >= 0.3 is 11.9 Å². The van der Waals surface area contributed by atoms with Crippen LogP contribution in [0.15, 0.2) is 0 Å². The van der Waals surface area contributed by atoms with Crippen LogP contribution in [0.3, 0.4) is 0 Å². The molecular weight excluding hydrogens is 352 g/mol. The first-order valence-corrected chi connectivity index (χ1v) is 6.83. The predicted molar refractivity (Wildman–Crippen MR) is 71.0 cm³/mol. The highest BCUT2D eigenvalue weighted by molar-refractivity contribution is 5.89. The molecule has 0 aromatic carbocycles. The van der Waals surface area contributed by atoms with E-state index in [1.54, 1.807) is 0 Å². The quantitative estimate of drug-likeness (QED) is 0.203. The summed E-state index contributed by atoms with van der Waals surface area (Å²) in [5, 5.41) is 83.8. The van der Waals surface area contributed by atoms with Crippen LogP contribution in [0.2, 0.25) is 0 Å². The van der Waals surface area contributed by atoms with Gasteiger partial charge < -0.3 is 50.7 Å². The fourth-order valence-corrected chi connectivity index (χ4v) is 2.18. The van der Waals surface area contributed by atoms with Crippen LogP contribution in [0.4, 0.5) is 0 Å². The number of aliphatic hydroxyl groups is 7. The molecule has 9 N–H and O–H groups in total. The lowest BCUT2D eigenvalue weighted by Gasteiger charge is -2.39. The Balaban J connectivity index is 2.96. The van der Waals surface area contributed by atoms with Crippen molar-refractivity contribution in [2.24, 2.45) is 0 Å². The van der Waals surface area contributed by atoms with Crippen LogP contribution in [-0.2, 0) is 19.1 Å². The smallest absolute Gasteiger partial charge is 0.335 e. The van der Waals surface area contributed by atoms with Crippen molar-refractivity contribution in [3.8, 4) is 0 Å². The van der Waals surface area contributed by atoms with Gasteiger partial charge in [0.15, 0.2) is 18.0 Å². The van der Waals surface area contributed by atoms with Gasteiger partial charge in [-0.05, 0) is 0 Å². The number of hydrogen-bond donors (Lipinski definition) is 9. The summed E-state index contributed by atoms with van der Waals surface area (Å²) in [5.74, 6) is -5.38. The van der Waals surface area contributed by atoms with Gasteiger partial charge in [0.05, 0.1) is 0 Å². The van der Waals surface area contributed by atoms with Crippen LogP contribution in [0, 0.1) is 0 Å². The van der Waals surface area contributed by atoms with Crippen molar-refractivity contribution in [1.82, 2.24) is 0 Å². The van der Waals surface area contributed by atoms with Crippen LogP contribution < -0.4 is 0 Å². The number of Topliss-reactive ketones (excluding diaryl/α,β-unsaturated/α-hetero) is 1. The first-order chi connectivity index (χ1) is 11.4.